The molecule has 1 aliphatic rings. The summed E-state index contributed by atoms with van der Waals surface area (Å²) < 4.78 is 5.34. The van der Waals surface area contributed by atoms with Crippen LogP contribution < -0.4 is 21.7 Å². The van der Waals surface area contributed by atoms with Crippen molar-refractivity contribution in [2.24, 2.45) is 28.9 Å². The van der Waals surface area contributed by atoms with Gasteiger partial charge in [-0.25, -0.2) is 4.79 Å². The standard InChI is InChI=1S/C38H54N4O9/c1-24(2)34(42-33(47)13-9-7-6-8-12-28(43)22-29-30(44)18-19-31(29)45)32(46)21-26(11-10-20-40-37(39)50)35(48)41-27-16-14-25(15-17-27)23-51-36(49)38(3,4)5/h14-19,24,26,29,34H,6-13,20-23H2,1-5H3,(H,41,48)(H,42,47)(H3,39,40,50)/t26-,34+/m1/s1. The molecule has 0 heterocycles. The predicted molar refractivity (Wildman–Crippen MR) is 191 cm³/mol. The number of nitrogens with two attached hydrogens (primary N) is 1. The average Bonchev–Trinajstić information content (AvgIpc) is 3.37. The van der Waals surface area contributed by atoms with Gasteiger partial charge in [0.15, 0.2) is 17.3 Å². The smallest absolute Gasteiger partial charge is 0.312 e. The third-order valence-electron chi connectivity index (χ3n) is 8.52. The molecule has 2 rings (SSSR count). The number of anilines is 1. The molecule has 0 aliphatic heterocycles. The number of unbranched alkanes of at least 4 members (excludes halogenated alkanes) is 3. The maximum absolute atomic E-state index is 13.5. The molecule has 1 aliphatic carbocycles. The molecule has 0 aromatic heterocycles. The normalized spacial score (nSPS) is 14.2. The lowest BCUT2D eigenvalue weighted by atomic mass is 9.89. The first-order valence-corrected chi connectivity index (χ1v) is 17.7. The lowest BCUT2D eigenvalue weighted by Gasteiger charge is -2.24. The van der Waals surface area contributed by atoms with E-state index >= 15 is 0 Å². The Labute approximate surface area is 300 Å². The largest absolute Gasteiger partial charge is 0.460 e. The van der Waals surface area contributed by atoms with Crippen molar-refractivity contribution in [3.63, 3.8) is 0 Å². The number of ketones is 4. The minimum absolute atomic E-state index is 0.0739. The number of hydrogen-bond acceptors (Lipinski definition) is 9. The Morgan fingerprint density at radius 2 is 1.47 bits per heavy atom. The summed E-state index contributed by atoms with van der Waals surface area (Å²) in [6.07, 6.45) is 5.88. The Balaban J connectivity index is 1.88. The Morgan fingerprint density at radius 1 is 0.863 bits per heavy atom. The van der Waals surface area contributed by atoms with E-state index in [1.54, 1.807) is 45.0 Å². The number of nitrogens with one attached hydrogen (secondary N) is 3. The number of urea groups is 1. The summed E-state index contributed by atoms with van der Waals surface area (Å²) in [5, 5.41) is 8.16. The minimum Gasteiger partial charge on any atom is -0.460 e. The second-order valence-corrected chi connectivity index (χ2v) is 14.4. The van der Waals surface area contributed by atoms with Gasteiger partial charge in [-0.3, -0.25) is 33.6 Å². The molecular formula is C38H54N4O9. The van der Waals surface area contributed by atoms with E-state index in [4.69, 9.17) is 10.5 Å². The number of Topliss-reactive ketones (excluding diaryl/α,β-unsaturated/α-hetero) is 2. The second kappa shape index (κ2) is 20.9. The van der Waals surface area contributed by atoms with Crippen LogP contribution in [0.4, 0.5) is 10.5 Å². The van der Waals surface area contributed by atoms with E-state index in [9.17, 15) is 38.4 Å². The summed E-state index contributed by atoms with van der Waals surface area (Å²) in [6, 6.07) is 5.32. The summed E-state index contributed by atoms with van der Waals surface area (Å²) in [5.74, 6) is -3.94. The molecule has 0 radical (unpaired) electrons. The fourth-order valence-electron chi connectivity index (χ4n) is 5.44. The first kappa shape index (κ1) is 42.5. The molecule has 5 N–H and O–H groups in total. The minimum atomic E-state index is -0.877. The fourth-order valence-corrected chi connectivity index (χ4v) is 5.44. The van der Waals surface area contributed by atoms with Gasteiger partial charge in [0.2, 0.25) is 11.8 Å². The van der Waals surface area contributed by atoms with Crippen LogP contribution in [0.15, 0.2) is 36.4 Å². The molecule has 0 bridgehead atoms. The van der Waals surface area contributed by atoms with Crippen molar-refractivity contribution in [2.75, 3.05) is 11.9 Å². The Hall–Kier alpha value is -4.68. The van der Waals surface area contributed by atoms with Crippen molar-refractivity contribution in [2.45, 2.75) is 111 Å². The number of hydrogen-bond donors (Lipinski definition) is 4. The Bertz CT molecular complexity index is 1430. The maximum atomic E-state index is 13.5. The average molecular weight is 711 g/mol. The molecule has 0 fully saturated rings. The quantitative estimate of drug-likeness (QED) is 0.0758. The molecule has 51 heavy (non-hydrogen) atoms. The van der Waals surface area contributed by atoms with Gasteiger partial charge < -0.3 is 26.4 Å². The van der Waals surface area contributed by atoms with Crippen LogP contribution in [0.2, 0.25) is 0 Å². The summed E-state index contributed by atoms with van der Waals surface area (Å²) in [5.41, 5.74) is 5.77. The molecule has 1 aromatic carbocycles. The molecule has 4 amide bonds. The Kier molecular flexibility index (Phi) is 17.4. The van der Waals surface area contributed by atoms with Crippen LogP contribution in [-0.2, 0) is 44.9 Å². The highest BCUT2D eigenvalue weighted by molar-refractivity contribution is 6.20. The molecule has 0 saturated heterocycles. The molecule has 0 spiro atoms. The van der Waals surface area contributed by atoms with Crippen LogP contribution in [0.25, 0.3) is 0 Å². The SMILES string of the molecule is CC(C)[C@H](NC(=O)CCCCCCC(=O)CC1C(=O)C=CC1=O)C(=O)C[C@@H](CCCNC(N)=O)C(=O)Nc1ccc(COC(=O)C(C)(C)C)cc1. The van der Waals surface area contributed by atoms with Crippen LogP contribution >= 0.6 is 0 Å². The molecule has 13 heteroatoms. The van der Waals surface area contributed by atoms with Gasteiger partial charge in [-0.05, 0) is 82.2 Å². The lowest BCUT2D eigenvalue weighted by Crippen LogP contribution is -2.45. The highest BCUT2D eigenvalue weighted by atomic mass is 16.5. The van der Waals surface area contributed by atoms with Crippen molar-refractivity contribution in [3.05, 3.63) is 42.0 Å². The highest BCUT2D eigenvalue weighted by Gasteiger charge is 2.31. The van der Waals surface area contributed by atoms with Gasteiger partial charge in [0.25, 0.3) is 0 Å². The van der Waals surface area contributed by atoms with Crippen molar-refractivity contribution in [1.82, 2.24) is 10.6 Å². The van der Waals surface area contributed by atoms with E-state index in [-0.39, 0.29) is 92.1 Å². The van der Waals surface area contributed by atoms with Gasteiger partial charge in [0.1, 0.15) is 12.4 Å². The second-order valence-electron chi connectivity index (χ2n) is 14.4. The predicted octanol–water partition coefficient (Wildman–Crippen LogP) is 4.50. The monoisotopic (exact) mass is 710 g/mol. The first-order valence-electron chi connectivity index (χ1n) is 17.7. The van der Waals surface area contributed by atoms with Crippen LogP contribution in [0.3, 0.4) is 0 Å². The summed E-state index contributed by atoms with van der Waals surface area (Å²) in [7, 11) is 0. The van der Waals surface area contributed by atoms with Crippen molar-refractivity contribution < 1.29 is 43.1 Å². The number of carbonyl (C=O) groups excluding carboxylic acids is 8. The zero-order valence-corrected chi connectivity index (χ0v) is 30.5. The number of primary amides is 1. The zero-order chi connectivity index (χ0) is 38.1. The number of rotatable bonds is 22. The van der Waals surface area contributed by atoms with Crippen LogP contribution in [0.1, 0.15) is 104 Å². The van der Waals surface area contributed by atoms with Gasteiger partial charge in [0.05, 0.1) is 17.4 Å². The number of allylic oxidation sites excluding steroid dienone is 2. The molecule has 2 atom stereocenters. The third-order valence-corrected chi connectivity index (χ3v) is 8.52. The summed E-state index contributed by atoms with van der Waals surface area (Å²) in [4.78, 5) is 98.5. The summed E-state index contributed by atoms with van der Waals surface area (Å²) in [6.45, 7) is 9.24. The number of benzene rings is 1. The van der Waals surface area contributed by atoms with E-state index in [1.807, 2.05) is 13.8 Å². The maximum Gasteiger partial charge on any atom is 0.312 e. The number of carbonyl (C=O) groups is 8. The van der Waals surface area contributed by atoms with E-state index < -0.39 is 29.3 Å². The lowest BCUT2D eigenvalue weighted by molar-refractivity contribution is -0.154. The van der Waals surface area contributed by atoms with Crippen molar-refractivity contribution in [1.29, 1.82) is 0 Å². The van der Waals surface area contributed by atoms with Gasteiger partial charge in [0, 0.05) is 43.8 Å². The van der Waals surface area contributed by atoms with Gasteiger partial charge in [-0.1, -0.05) is 38.8 Å². The molecule has 0 unspecified atom stereocenters. The van der Waals surface area contributed by atoms with Crippen molar-refractivity contribution in [3.8, 4) is 0 Å². The molecular weight excluding hydrogens is 656 g/mol. The van der Waals surface area contributed by atoms with Gasteiger partial charge in [-0.2, -0.15) is 0 Å². The fraction of sp³-hybridized carbons (Fsp3) is 0.579. The molecule has 0 saturated carbocycles. The van der Waals surface area contributed by atoms with Crippen LogP contribution in [0.5, 0.6) is 0 Å². The van der Waals surface area contributed by atoms with Crippen molar-refractivity contribution >= 4 is 52.6 Å². The van der Waals surface area contributed by atoms with Gasteiger partial charge in [-0.15, -0.1) is 0 Å². The first-order chi connectivity index (χ1) is 24.0. The highest BCUT2D eigenvalue weighted by Crippen LogP contribution is 2.21. The molecule has 13 nitrogen and oxygen atoms in total. The topological polar surface area (TPSA) is 208 Å². The van der Waals surface area contributed by atoms with E-state index in [0.29, 0.717) is 37.8 Å². The molecule has 280 valence electrons. The number of amides is 4. The van der Waals surface area contributed by atoms with E-state index in [2.05, 4.69) is 16.0 Å². The zero-order valence-electron chi connectivity index (χ0n) is 30.5. The van der Waals surface area contributed by atoms with Gasteiger partial charge >= 0.3 is 12.0 Å². The van der Waals surface area contributed by atoms with Crippen LogP contribution in [0, 0.1) is 23.2 Å². The third kappa shape index (κ3) is 15.8. The van der Waals surface area contributed by atoms with E-state index in [0.717, 1.165) is 5.56 Å². The van der Waals surface area contributed by atoms with E-state index in [1.165, 1.54) is 12.2 Å². The number of esters is 1. The summed E-state index contributed by atoms with van der Waals surface area (Å²) >= 11 is 0. The number of ether oxygens (including phenoxy) is 1. The molecule has 1 aromatic rings. The Morgan fingerprint density at radius 3 is 2.04 bits per heavy atom. The van der Waals surface area contributed by atoms with Crippen LogP contribution in [-0.4, -0.2) is 59.5 Å².